The second kappa shape index (κ2) is 5.35. The van der Waals surface area contributed by atoms with E-state index in [4.69, 9.17) is 5.84 Å². The fraction of sp³-hybridized carbons (Fsp3) is 0.571. The number of hydrazine groups is 1. The highest BCUT2D eigenvalue weighted by molar-refractivity contribution is 7.89. The van der Waals surface area contributed by atoms with Crippen LogP contribution in [0.25, 0.3) is 0 Å². The number of nitrogens with zero attached hydrogens (tertiary/aromatic N) is 1. The number of nitrogen functional groups attached to an aromatic ring is 1. The van der Waals surface area contributed by atoms with Gasteiger partial charge in [-0.2, -0.15) is 4.31 Å². The zero-order valence-electron chi connectivity index (χ0n) is 12.5. The molecule has 0 radical (unpaired) electrons. The average Bonchev–Trinajstić information content (AvgIpc) is 3.19. The third-order valence-electron chi connectivity index (χ3n) is 4.14. The summed E-state index contributed by atoms with van der Waals surface area (Å²) < 4.78 is 27.2. The summed E-state index contributed by atoms with van der Waals surface area (Å²) in [6.45, 7) is 5.59. The van der Waals surface area contributed by atoms with Crippen molar-refractivity contribution in [1.82, 2.24) is 4.31 Å². The lowest BCUT2D eigenvalue weighted by molar-refractivity contribution is 0.356. The Morgan fingerprint density at radius 1 is 1.30 bits per heavy atom. The van der Waals surface area contributed by atoms with E-state index in [1.807, 2.05) is 6.92 Å². The van der Waals surface area contributed by atoms with Crippen LogP contribution in [0.15, 0.2) is 17.0 Å². The Bertz CT molecular complexity index is 586. The summed E-state index contributed by atoms with van der Waals surface area (Å²) in [5, 5.41) is 0. The van der Waals surface area contributed by atoms with Crippen molar-refractivity contribution in [3.63, 3.8) is 0 Å². The molecular formula is C14H23N3O2S. The second-order valence-corrected chi connectivity index (χ2v) is 7.62. The number of hydrogen-bond acceptors (Lipinski definition) is 4. The van der Waals surface area contributed by atoms with E-state index in [9.17, 15) is 8.42 Å². The van der Waals surface area contributed by atoms with E-state index in [1.165, 1.54) is 4.31 Å². The van der Waals surface area contributed by atoms with Gasteiger partial charge in [-0.25, -0.2) is 8.42 Å². The molecule has 1 aromatic carbocycles. The summed E-state index contributed by atoms with van der Waals surface area (Å²) in [6.07, 6.45) is 2.24. The normalized spacial score (nSPS) is 17.3. The number of aryl methyl sites for hydroxylation is 2. The molecule has 0 aliphatic heterocycles. The largest absolute Gasteiger partial charge is 0.324 e. The quantitative estimate of drug-likeness (QED) is 0.644. The first-order valence-electron chi connectivity index (χ1n) is 6.85. The summed E-state index contributed by atoms with van der Waals surface area (Å²) in [7, 11) is -1.79. The van der Waals surface area contributed by atoms with Crippen LogP contribution < -0.4 is 11.3 Å². The molecule has 112 valence electrons. The topological polar surface area (TPSA) is 75.4 Å². The first-order valence-corrected chi connectivity index (χ1v) is 8.29. The molecule has 1 unspecified atom stereocenters. The molecule has 0 saturated heterocycles. The third-order valence-corrected chi connectivity index (χ3v) is 6.39. The summed E-state index contributed by atoms with van der Waals surface area (Å²) in [5.74, 6) is 5.89. The highest BCUT2D eigenvalue weighted by atomic mass is 32.2. The Morgan fingerprint density at radius 3 is 2.20 bits per heavy atom. The van der Waals surface area contributed by atoms with Crippen LogP contribution in [0.4, 0.5) is 5.69 Å². The van der Waals surface area contributed by atoms with Crippen molar-refractivity contribution >= 4 is 15.7 Å². The number of anilines is 1. The highest BCUT2D eigenvalue weighted by Gasteiger charge is 2.37. The minimum atomic E-state index is -3.46. The Balaban J connectivity index is 2.43. The number of hydrogen-bond donors (Lipinski definition) is 2. The summed E-state index contributed by atoms with van der Waals surface area (Å²) >= 11 is 0. The van der Waals surface area contributed by atoms with Gasteiger partial charge in [0.2, 0.25) is 10.0 Å². The minimum absolute atomic E-state index is 0.0473. The molecule has 0 heterocycles. The molecule has 5 nitrogen and oxygen atoms in total. The van der Waals surface area contributed by atoms with Gasteiger partial charge in [0.25, 0.3) is 0 Å². The minimum Gasteiger partial charge on any atom is -0.324 e. The van der Waals surface area contributed by atoms with E-state index in [0.717, 1.165) is 18.5 Å². The molecule has 0 amide bonds. The van der Waals surface area contributed by atoms with Gasteiger partial charge < -0.3 is 5.43 Å². The zero-order chi connectivity index (χ0) is 15.1. The SMILES string of the molecule is Cc1cc(NN)cc(C)c1S(=O)(=O)N(C)C(C)C1CC1. The zero-order valence-corrected chi connectivity index (χ0v) is 13.3. The molecule has 6 heteroatoms. The van der Waals surface area contributed by atoms with Crippen LogP contribution in [-0.2, 0) is 10.0 Å². The van der Waals surface area contributed by atoms with Crippen LogP contribution in [0.2, 0.25) is 0 Å². The van der Waals surface area contributed by atoms with Crippen molar-refractivity contribution in [1.29, 1.82) is 0 Å². The van der Waals surface area contributed by atoms with E-state index in [1.54, 1.807) is 33.0 Å². The van der Waals surface area contributed by atoms with Crippen LogP contribution in [0, 0.1) is 19.8 Å². The third kappa shape index (κ3) is 2.68. The summed E-state index contributed by atoms with van der Waals surface area (Å²) in [4.78, 5) is 0.395. The van der Waals surface area contributed by atoms with Gasteiger partial charge in [0.1, 0.15) is 0 Å². The van der Waals surface area contributed by atoms with Crippen LogP contribution in [0.3, 0.4) is 0 Å². The molecule has 2 rings (SSSR count). The molecule has 0 bridgehead atoms. The molecule has 3 N–H and O–H groups in total. The van der Waals surface area contributed by atoms with Gasteiger partial charge in [0.05, 0.1) is 4.90 Å². The monoisotopic (exact) mass is 297 g/mol. The first-order chi connectivity index (χ1) is 9.28. The van der Waals surface area contributed by atoms with Crippen LogP contribution in [0.1, 0.15) is 30.9 Å². The second-order valence-electron chi connectivity index (χ2n) is 5.68. The van der Waals surface area contributed by atoms with Gasteiger partial charge in [-0.1, -0.05) is 0 Å². The van der Waals surface area contributed by atoms with Gasteiger partial charge in [-0.3, -0.25) is 5.84 Å². The molecule has 1 saturated carbocycles. The Hall–Kier alpha value is -1.11. The van der Waals surface area contributed by atoms with Crippen molar-refractivity contribution < 1.29 is 8.42 Å². The lowest BCUT2D eigenvalue weighted by Crippen LogP contribution is -2.37. The maximum atomic E-state index is 12.8. The van der Waals surface area contributed by atoms with E-state index >= 15 is 0 Å². The fourth-order valence-electron chi connectivity index (χ4n) is 2.68. The van der Waals surface area contributed by atoms with E-state index in [-0.39, 0.29) is 6.04 Å². The van der Waals surface area contributed by atoms with Crippen LogP contribution in [-0.4, -0.2) is 25.8 Å². The van der Waals surface area contributed by atoms with Crippen molar-refractivity contribution in [3.05, 3.63) is 23.3 Å². The van der Waals surface area contributed by atoms with Crippen molar-refractivity contribution in [2.24, 2.45) is 11.8 Å². The number of benzene rings is 1. The van der Waals surface area contributed by atoms with Gasteiger partial charge in [0.15, 0.2) is 0 Å². The standard InChI is InChI=1S/C14H23N3O2S/c1-9-7-13(16-15)8-10(2)14(9)20(18,19)17(4)11(3)12-5-6-12/h7-8,11-12,16H,5-6,15H2,1-4H3. The Labute approximate surface area is 121 Å². The molecule has 1 aliphatic rings. The number of nitrogens with two attached hydrogens (primary N) is 1. The van der Waals surface area contributed by atoms with Crippen LogP contribution in [0.5, 0.6) is 0 Å². The van der Waals surface area contributed by atoms with Gasteiger partial charge >= 0.3 is 0 Å². The van der Waals surface area contributed by atoms with Crippen LogP contribution >= 0.6 is 0 Å². The fourth-order valence-corrected chi connectivity index (χ4v) is 4.51. The predicted octanol–water partition coefficient (Wildman–Crippen LogP) is 2.01. The lowest BCUT2D eigenvalue weighted by atomic mass is 10.1. The Morgan fingerprint density at radius 2 is 1.80 bits per heavy atom. The first kappa shape index (κ1) is 15.3. The maximum absolute atomic E-state index is 12.8. The van der Waals surface area contributed by atoms with Crippen molar-refractivity contribution in [2.75, 3.05) is 12.5 Å². The summed E-state index contributed by atoms with van der Waals surface area (Å²) in [5.41, 5.74) is 4.71. The average molecular weight is 297 g/mol. The van der Waals surface area contributed by atoms with Crippen molar-refractivity contribution in [2.45, 2.75) is 44.6 Å². The lowest BCUT2D eigenvalue weighted by Gasteiger charge is -2.26. The molecule has 1 fully saturated rings. The molecule has 0 aromatic heterocycles. The highest BCUT2D eigenvalue weighted by Crippen LogP contribution is 2.37. The molecule has 0 spiro atoms. The molecular weight excluding hydrogens is 274 g/mol. The van der Waals surface area contributed by atoms with E-state index in [0.29, 0.717) is 21.9 Å². The molecule has 1 aromatic rings. The van der Waals surface area contributed by atoms with E-state index in [2.05, 4.69) is 5.43 Å². The van der Waals surface area contributed by atoms with Gasteiger partial charge in [-0.15, -0.1) is 0 Å². The number of sulfonamides is 1. The molecule has 1 aliphatic carbocycles. The van der Waals surface area contributed by atoms with Gasteiger partial charge in [0, 0.05) is 18.8 Å². The maximum Gasteiger partial charge on any atom is 0.243 e. The van der Waals surface area contributed by atoms with Gasteiger partial charge in [-0.05, 0) is 62.8 Å². The number of nitrogens with one attached hydrogen (secondary N) is 1. The number of rotatable bonds is 5. The predicted molar refractivity (Wildman–Crippen MR) is 80.9 cm³/mol. The van der Waals surface area contributed by atoms with E-state index < -0.39 is 10.0 Å². The summed E-state index contributed by atoms with van der Waals surface area (Å²) in [6, 6.07) is 3.57. The smallest absolute Gasteiger partial charge is 0.243 e. The Kier molecular flexibility index (Phi) is 4.09. The molecule has 20 heavy (non-hydrogen) atoms. The van der Waals surface area contributed by atoms with Crippen molar-refractivity contribution in [3.8, 4) is 0 Å². The molecule has 1 atom stereocenters.